The van der Waals surface area contributed by atoms with Crippen LogP contribution in [0.25, 0.3) is 0 Å². The SMILES string of the molecule is CC1[CH-]C2C=CC=CC2C1.CC1[CH-]C2C=CC=CC2C1.[Cl-].[Cl-].[Zr+2].c1ccc([C-](c2ccccc2)[C-](c2ccccc2)c2ccccc2)cc1. The number of halogens is 2. The van der Waals surface area contributed by atoms with E-state index in [9.17, 15) is 0 Å². The van der Waals surface area contributed by atoms with Gasteiger partial charge in [0.1, 0.15) is 0 Å². The summed E-state index contributed by atoms with van der Waals surface area (Å²) in [5.41, 5.74) is 4.89. The zero-order valence-electron chi connectivity index (χ0n) is 28.5. The Balaban J connectivity index is 0.000000233. The minimum absolute atomic E-state index is 0. The predicted octanol–water partition coefficient (Wildman–Crippen LogP) is 5.51. The minimum Gasteiger partial charge on any atom is -1.00 e. The molecule has 0 spiro atoms. The van der Waals surface area contributed by atoms with Gasteiger partial charge in [-0.05, 0) is 11.8 Å². The fraction of sp³-hybridized carbons (Fsp3) is 0.217. The largest absolute Gasteiger partial charge is 2.00 e. The molecule has 2 saturated carbocycles. The second-order valence-corrected chi connectivity index (χ2v) is 13.0. The number of allylic oxidation sites excluding steroid dienone is 8. The van der Waals surface area contributed by atoms with Gasteiger partial charge in [0.15, 0.2) is 0 Å². The van der Waals surface area contributed by atoms with Gasteiger partial charge < -0.3 is 37.7 Å². The minimum atomic E-state index is 0. The summed E-state index contributed by atoms with van der Waals surface area (Å²) < 4.78 is 0. The van der Waals surface area contributed by atoms with Crippen LogP contribution in [0.5, 0.6) is 0 Å². The molecule has 49 heavy (non-hydrogen) atoms. The van der Waals surface area contributed by atoms with Gasteiger partial charge in [-0.1, -0.05) is 136 Å². The van der Waals surface area contributed by atoms with Gasteiger partial charge in [0.25, 0.3) is 0 Å². The van der Waals surface area contributed by atoms with E-state index in [4.69, 9.17) is 0 Å². The first-order valence-corrected chi connectivity index (χ1v) is 17.0. The van der Waals surface area contributed by atoms with Gasteiger partial charge in [-0.2, -0.15) is 11.8 Å². The molecule has 2 fully saturated rings. The van der Waals surface area contributed by atoms with Gasteiger partial charge in [0.05, 0.1) is 0 Å². The van der Waals surface area contributed by atoms with E-state index in [0.717, 1.165) is 35.5 Å². The van der Waals surface area contributed by atoms with E-state index >= 15 is 0 Å². The number of rotatable bonds is 5. The summed E-state index contributed by atoms with van der Waals surface area (Å²) in [7, 11) is 0. The zero-order valence-corrected chi connectivity index (χ0v) is 32.4. The van der Waals surface area contributed by atoms with Crippen molar-refractivity contribution in [3.05, 3.63) is 217 Å². The monoisotopic (exact) mass is 758 g/mol. The van der Waals surface area contributed by atoms with Crippen LogP contribution in [0, 0.1) is 60.2 Å². The second kappa shape index (κ2) is 20.7. The van der Waals surface area contributed by atoms with Crippen molar-refractivity contribution < 1.29 is 51.0 Å². The molecule has 0 amide bonds. The second-order valence-electron chi connectivity index (χ2n) is 13.0. The standard InChI is InChI=1S/C26H20.2C10H13.2ClH.Zr/c1-5-13-21(14-6-1)25(22-15-7-2-8-16-22)26(23-17-9-3-10-18-23)24-19-11-4-12-20-24;2*1-8-6-9-4-2-3-5-10(9)7-8;;;/h1-20H;2*2-6,8-10H,7H2,1H3;2*1H;/q-2;2*-1;;;+2/p-2. The molecule has 8 rings (SSSR count). The van der Waals surface area contributed by atoms with E-state index < -0.39 is 0 Å². The Labute approximate surface area is 327 Å². The average Bonchev–Trinajstić information content (AvgIpc) is 3.70. The number of hydrogen-bond donors (Lipinski definition) is 0. The topological polar surface area (TPSA) is 0 Å². The molecular weight excluding hydrogens is 715 g/mol. The molecule has 0 radical (unpaired) electrons. The molecule has 0 aliphatic heterocycles. The van der Waals surface area contributed by atoms with Crippen LogP contribution in [0.4, 0.5) is 0 Å². The van der Waals surface area contributed by atoms with Crippen LogP contribution < -0.4 is 24.8 Å². The van der Waals surface area contributed by atoms with Crippen molar-refractivity contribution in [1.82, 2.24) is 0 Å². The zero-order chi connectivity index (χ0) is 31.6. The maximum atomic E-state index is 2.46. The van der Waals surface area contributed by atoms with Gasteiger partial charge in [-0.25, -0.2) is 0 Å². The normalized spacial score (nSPS) is 23.4. The summed E-state index contributed by atoms with van der Waals surface area (Å²) in [5.74, 6) is 7.29. The van der Waals surface area contributed by atoms with Gasteiger partial charge in [-0.3, -0.25) is 0 Å². The fourth-order valence-corrected chi connectivity index (χ4v) is 7.33. The van der Waals surface area contributed by atoms with Crippen LogP contribution in [0.1, 0.15) is 48.9 Å². The summed E-state index contributed by atoms with van der Waals surface area (Å²) >= 11 is 0. The Morgan fingerprint density at radius 2 is 0.694 bits per heavy atom. The van der Waals surface area contributed by atoms with Crippen molar-refractivity contribution in [1.29, 1.82) is 0 Å². The summed E-state index contributed by atoms with van der Waals surface area (Å²) in [6.07, 6.45) is 25.6. The smallest absolute Gasteiger partial charge is 1.00 e. The van der Waals surface area contributed by atoms with E-state index in [0.29, 0.717) is 0 Å². The van der Waals surface area contributed by atoms with Crippen molar-refractivity contribution in [3.8, 4) is 0 Å². The first kappa shape index (κ1) is 40.5. The Kier molecular flexibility index (Phi) is 17.1. The molecule has 4 aliphatic carbocycles. The van der Waals surface area contributed by atoms with Crippen molar-refractivity contribution in [2.45, 2.75) is 26.7 Å². The molecule has 6 unspecified atom stereocenters. The average molecular weight is 761 g/mol. The molecule has 4 aromatic rings. The van der Waals surface area contributed by atoms with E-state index in [1.165, 1.54) is 46.9 Å². The first-order valence-electron chi connectivity index (χ1n) is 17.0. The summed E-state index contributed by atoms with van der Waals surface area (Å²) in [6.45, 7) is 4.61. The van der Waals surface area contributed by atoms with Crippen molar-refractivity contribution in [2.75, 3.05) is 0 Å². The molecule has 4 aromatic carbocycles. The van der Waals surface area contributed by atoms with Crippen LogP contribution in [0.15, 0.2) is 170 Å². The van der Waals surface area contributed by atoms with E-state index in [2.05, 4.69) is 197 Å². The summed E-state index contributed by atoms with van der Waals surface area (Å²) in [5, 5.41) is 0. The van der Waals surface area contributed by atoms with E-state index in [1.54, 1.807) is 0 Å². The third kappa shape index (κ3) is 11.0. The molecule has 252 valence electrons. The Morgan fingerprint density at radius 1 is 0.429 bits per heavy atom. The molecular formula is C46H46Cl2Zr-4. The first-order chi connectivity index (χ1) is 22.7. The Morgan fingerprint density at radius 3 is 0.959 bits per heavy atom. The molecule has 0 N–H and O–H groups in total. The molecule has 4 aliphatic rings. The molecule has 6 atom stereocenters. The van der Waals surface area contributed by atoms with Crippen LogP contribution in [-0.4, -0.2) is 0 Å². The van der Waals surface area contributed by atoms with Gasteiger partial charge in [0, 0.05) is 0 Å². The molecule has 0 heterocycles. The van der Waals surface area contributed by atoms with Gasteiger partial charge in [0.2, 0.25) is 0 Å². The van der Waals surface area contributed by atoms with Crippen LogP contribution in [0.2, 0.25) is 0 Å². The number of hydrogen-bond acceptors (Lipinski definition) is 0. The molecule has 0 aromatic heterocycles. The number of fused-ring (bicyclic) bond motifs is 2. The molecule has 0 nitrogen and oxygen atoms in total. The Bertz CT molecular complexity index is 1350. The number of benzene rings is 4. The maximum absolute atomic E-state index is 2.46. The fourth-order valence-electron chi connectivity index (χ4n) is 7.33. The van der Waals surface area contributed by atoms with Crippen LogP contribution in [0.3, 0.4) is 0 Å². The van der Waals surface area contributed by atoms with E-state index in [-0.39, 0.29) is 51.0 Å². The third-order valence-electron chi connectivity index (χ3n) is 9.48. The Hall–Kier alpha value is -2.96. The van der Waals surface area contributed by atoms with Crippen molar-refractivity contribution in [3.63, 3.8) is 0 Å². The predicted molar refractivity (Wildman–Crippen MR) is 195 cm³/mol. The van der Waals surface area contributed by atoms with Crippen molar-refractivity contribution >= 4 is 0 Å². The van der Waals surface area contributed by atoms with E-state index in [1.807, 2.05) is 0 Å². The van der Waals surface area contributed by atoms with Crippen LogP contribution in [-0.2, 0) is 26.2 Å². The summed E-state index contributed by atoms with van der Waals surface area (Å²) in [6, 6.07) is 42.6. The van der Waals surface area contributed by atoms with Gasteiger partial charge in [-0.15, -0.1) is 107 Å². The molecule has 3 heteroatoms. The summed E-state index contributed by atoms with van der Waals surface area (Å²) in [4.78, 5) is 0. The van der Waals surface area contributed by atoms with Crippen LogP contribution >= 0.6 is 0 Å². The maximum Gasteiger partial charge on any atom is 2.00 e. The molecule has 0 saturated heterocycles. The van der Waals surface area contributed by atoms with Gasteiger partial charge >= 0.3 is 26.2 Å². The third-order valence-corrected chi connectivity index (χ3v) is 9.48. The quantitative estimate of drug-likeness (QED) is 0.236. The molecule has 0 bridgehead atoms. The van der Waals surface area contributed by atoms with Crippen molar-refractivity contribution in [2.24, 2.45) is 35.5 Å².